The number of fused-ring (bicyclic) bond motifs is 1. The predicted octanol–water partition coefficient (Wildman–Crippen LogP) is 2.79. The van der Waals surface area contributed by atoms with E-state index in [1.807, 2.05) is 18.2 Å². The zero-order valence-electron chi connectivity index (χ0n) is 9.21. The van der Waals surface area contributed by atoms with E-state index in [2.05, 4.69) is 5.32 Å². The Labute approximate surface area is 101 Å². The first kappa shape index (κ1) is 10.4. The normalized spacial score (nSPS) is 23.7. The molecule has 2 aliphatic rings. The van der Waals surface area contributed by atoms with Gasteiger partial charge in [0.1, 0.15) is 11.9 Å². The molecule has 0 bridgehead atoms. The van der Waals surface area contributed by atoms with Crippen molar-refractivity contribution < 1.29 is 4.74 Å². The highest BCUT2D eigenvalue weighted by molar-refractivity contribution is 6.30. The van der Waals surface area contributed by atoms with Crippen LogP contribution in [0.5, 0.6) is 5.75 Å². The molecular weight excluding hydrogens is 222 g/mol. The fraction of sp³-hybridized carbons (Fsp3) is 0.538. The lowest BCUT2D eigenvalue weighted by Crippen LogP contribution is -2.41. The van der Waals surface area contributed by atoms with Gasteiger partial charge in [-0.2, -0.15) is 0 Å². The van der Waals surface area contributed by atoms with Crippen molar-refractivity contribution in [2.24, 2.45) is 0 Å². The first-order chi connectivity index (χ1) is 7.81. The molecule has 3 heteroatoms. The minimum absolute atomic E-state index is 0.286. The SMILES string of the molecule is Clc1ccc2c(c1)CC(CNC1CCC1)O2. The lowest BCUT2D eigenvalue weighted by atomic mass is 9.93. The number of benzene rings is 1. The van der Waals surface area contributed by atoms with Crippen LogP contribution in [0, 0.1) is 0 Å². The van der Waals surface area contributed by atoms with E-state index in [0.29, 0.717) is 0 Å². The first-order valence-corrected chi connectivity index (χ1v) is 6.37. The summed E-state index contributed by atoms with van der Waals surface area (Å²) in [5.74, 6) is 1.00. The van der Waals surface area contributed by atoms with Crippen molar-refractivity contribution in [2.75, 3.05) is 6.54 Å². The van der Waals surface area contributed by atoms with Gasteiger partial charge in [0.15, 0.2) is 0 Å². The Kier molecular flexibility index (Phi) is 2.78. The van der Waals surface area contributed by atoms with Gasteiger partial charge < -0.3 is 10.1 Å². The molecule has 1 N–H and O–H groups in total. The highest BCUT2D eigenvalue weighted by atomic mass is 35.5. The average molecular weight is 238 g/mol. The fourth-order valence-electron chi connectivity index (χ4n) is 2.31. The third-order valence-electron chi connectivity index (χ3n) is 3.50. The van der Waals surface area contributed by atoms with E-state index in [1.54, 1.807) is 0 Å². The van der Waals surface area contributed by atoms with Crippen molar-refractivity contribution in [3.63, 3.8) is 0 Å². The van der Waals surface area contributed by atoms with Crippen LogP contribution in [0.2, 0.25) is 5.02 Å². The van der Waals surface area contributed by atoms with Crippen molar-refractivity contribution in [2.45, 2.75) is 37.8 Å². The Morgan fingerprint density at radius 2 is 2.25 bits per heavy atom. The summed E-state index contributed by atoms with van der Waals surface area (Å²) in [5.41, 5.74) is 1.24. The number of halogens is 1. The summed E-state index contributed by atoms with van der Waals surface area (Å²) in [4.78, 5) is 0. The van der Waals surface area contributed by atoms with Crippen molar-refractivity contribution >= 4 is 11.6 Å². The Bertz CT molecular complexity index is 390. The molecule has 0 aromatic heterocycles. The molecule has 1 saturated carbocycles. The first-order valence-electron chi connectivity index (χ1n) is 6.00. The molecule has 1 aliphatic carbocycles. The van der Waals surface area contributed by atoms with Crippen LogP contribution < -0.4 is 10.1 Å². The maximum atomic E-state index is 5.96. The quantitative estimate of drug-likeness (QED) is 0.873. The number of ether oxygens (including phenoxy) is 1. The zero-order chi connectivity index (χ0) is 11.0. The molecule has 1 atom stereocenters. The molecule has 16 heavy (non-hydrogen) atoms. The molecular formula is C13H16ClNO. The second kappa shape index (κ2) is 4.27. The molecule has 3 rings (SSSR count). The summed E-state index contributed by atoms with van der Waals surface area (Å²) < 4.78 is 5.86. The number of nitrogens with one attached hydrogen (secondary N) is 1. The maximum Gasteiger partial charge on any atom is 0.123 e. The second-order valence-corrected chi connectivity index (χ2v) is 5.17. The number of rotatable bonds is 3. The van der Waals surface area contributed by atoms with E-state index in [9.17, 15) is 0 Å². The molecule has 2 nitrogen and oxygen atoms in total. The van der Waals surface area contributed by atoms with E-state index in [1.165, 1.54) is 24.8 Å². The molecule has 0 spiro atoms. The summed E-state index contributed by atoms with van der Waals surface area (Å²) in [7, 11) is 0. The van der Waals surface area contributed by atoms with Crippen LogP contribution in [0.25, 0.3) is 0 Å². The molecule has 1 aromatic carbocycles. The van der Waals surface area contributed by atoms with E-state index in [4.69, 9.17) is 16.3 Å². The predicted molar refractivity (Wildman–Crippen MR) is 65.2 cm³/mol. The monoisotopic (exact) mass is 237 g/mol. The van der Waals surface area contributed by atoms with Crippen LogP contribution in [-0.4, -0.2) is 18.7 Å². The molecule has 0 amide bonds. The summed E-state index contributed by atoms with van der Waals surface area (Å²) >= 11 is 5.96. The third-order valence-corrected chi connectivity index (χ3v) is 3.74. The number of hydrogen-bond acceptors (Lipinski definition) is 2. The van der Waals surface area contributed by atoms with Crippen LogP contribution in [0.3, 0.4) is 0 Å². The van der Waals surface area contributed by atoms with Gasteiger partial charge >= 0.3 is 0 Å². The van der Waals surface area contributed by atoms with Crippen molar-refractivity contribution in [3.05, 3.63) is 28.8 Å². The van der Waals surface area contributed by atoms with Gasteiger partial charge in [-0.1, -0.05) is 18.0 Å². The van der Waals surface area contributed by atoms with Crippen LogP contribution in [-0.2, 0) is 6.42 Å². The molecule has 0 radical (unpaired) electrons. The van der Waals surface area contributed by atoms with E-state index < -0.39 is 0 Å². The van der Waals surface area contributed by atoms with Gasteiger partial charge in [0, 0.05) is 24.0 Å². The zero-order valence-corrected chi connectivity index (χ0v) is 9.96. The summed E-state index contributed by atoms with van der Waals surface area (Å²) in [6.45, 7) is 0.955. The molecule has 1 aliphatic heterocycles. The van der Waals surface area contributed by atoms with Crippen molar-refractivity contribution in [3.8, 4) is 5.75 Å². The van der Waals surface area contributed by atoms with E-state index >= 15 is 0 Å². The van der Waals surface area contributed by atoms with Gasteiger partial charge in [-0.05, 0) is 36.6 Å². The van der Waals surface area contributed by atoms with Crippen LogP contribution in [0.15, 0.2) is 18.2 Å². The minimum atomic E-state index is 0.286. The van der Waals surface area contributed by atoms with Gasteiger partial charge in [0.25, 0.3) is 0 Å². The van der Waals surface area contributed by atoms with Crippen molar-refractivity contribution in [1.29, 1.82) is 0 Å². The van der Waals surface area contributed by atoms with E-state index in [0.717, 1.165) is 29.8 Å². The van der Waals surface area contributed by atoms with Gasteiger partial charge in [-0.25, -0.2) is 0 Å². The molecule has 1 fully saturated rings. The molecule has 1 aromatic rings. The summed E-state index contributed by atoms with van der Waals surface area (Å²) in [5, 5.41) is 4.35. The summed E-state index contributed by atoms with van der Waals surface area (Å²) in [6.07, 6.45) is 5.29. The average Bonchev–Trinajstić information content (AvgIpc) is 2.57. The molecule has 0 saturated heterocycles. The summed E-state index contributed by atoms with van der Waals surface area (Å²) in [6, 6.07) is 6.61. The van der Waals surface area contributed by atoms with Crippen LogP contribution in [0.1, 0.15) is 24.8 Å². The molecule has 86 valence electrons. The highest BCUT2D eigenvalue weighted by Gasteiger charge is 2.25. The Hall–Kier alpha value is -0.730. The topological polar surface area (TPSA) is 21.3 Å². The highest BCUT2D eigenvalue weighted by Crippen LogP contribution is 2.31. The van der Waals surface area contributed by atoms with Crippen LogP contribution in [0.4, 0.5) is 0 Å². The smallest absolute Gasteiger partial charge is 0.123 e. The van der Waals surface area contributed by atoms with Crippen LogP contribution >= 0.6 is 11.6 Å². The van der Waals surface area contributed by atoms with Crippen molar-refractivity contribution in [1.82, 2.24) is 5.32 Å². The fourth-order valence-corrected chi connectivity index (χ4v) is 2.51. The Balaban J connectivity index is 1.57. The third kappa shape index (κ3) is 2.04. The minimum Gasteiger partial charge on any atom is -0.488 e. The Morgan fingerprint density at radius 3 is 3.00 bits per heavy atom. The van der Waals surface area contributed by atoms with E-state index in [-0.39, 0.29) is 6.10 Å². The van der Waals surface area contributed by atoms with Gasteiger partial charge in [-0.3, -0.25) is 0 Å². The lowest BCUT2D eigenvalue weighted by Gasteiger charge is -2.27. The second-order valence-electron chi connectivity index (χ2n) is 4.73. The Morgan fingerprint density at radius 1 is 1.38 bits per heavy atom. The maximum absolute atomic E-state index is 5.96. The molecule has 1 heterocycles. The van der Waals surface area contributed by atoms with Gasteiger partial charge in [-0.15, -0.1) is 0 Å². The number of hydrogen-bond donors (Lipinski definition) is 1. The largest absolute Gasteiger partial charge is 0.488 e. The van der Waals surface area contributed by atoms with Gasteiger partial charge in [0.2, 0.25) is 0 Å². The lowest BCUT2D eigenvalue weighted by molar-refractivity contribution is 0.207. The standard InChI is InChI=1S/C13H16ClNO/c14-10-4-5-13-9(6-10)7-12(16-13)8-15-11-2-1-3-11/h4-6,11-12,15H,1-3,7-8H2. The van der Waals surface area contributed by atoms with Gasteiger partial charge in [0.05, 0.1) is 0 Å². The molecule has 1 unspecified atom stereocenters.